The molecule has 108 valence electrons. The Morgan fingerprint density at radius 3 is 1.78 bits per heavy atom. The second kappa shape index (κ2) is 7.81. The van der Waals surface area contributed by atoms with Gasteiger partial charge >= 0.3 is 5.97 Å². The fraction of sp³-hybridized carbons (Fsp3) is 0.938. The number of carbonyl (C=O) groups is 1. The summed E-state index contributed by atoms with van der Waals surface area (Å²) in [5, 5.41) is 9.28. The Kier molecular flexibility index (Phi) is 7.58. The van der Waals surface area contributed by atoms with E-state index in [0.717, 1.165) is 12.8 Å². The first-order valence-corrected chi connectivity index (χ1v) is 7.49. The van der Waals surface area contributed by atoms with Gasteiger partial charge in [-0.2, -0.15) is 0 Å². The van der Waals surface area contributed by atoms with E-state index < -0.39 is 11.4 Å². The molecule has 0 aliphatic carbocycles. The van der Waals surface area contributed by atoms with Crippen LogP contribution in [-0.4, -0.2) is 11.1 Å². The molecule has 0 unspecified atom stereocenters. The number of rotatable bonds is 10. The van der Waals surface area contributed by atoms with Crippen molar-refractivity contribution in [2.24, 2.45) is 10.8 Å². The molecule has 0 aliphatic rings. The summed E-state index contributed by atoms with van der Waals surface area (Å²) in [4.78, 5) is 11.3. The van der Waals surface area contributed by atoms with Gasteiger partial charge in [0, 0.05) is 0 Å². The summed E-state index contributed by atoms with van der Waals surface area (Å²) in [6.07, 6.45) is 10.00. The van der Waals surface area contributed by atoms with Crippen LogP contribution in [0.3, 0.4) is 0 Å². The highest BCUT2D eigenvalue weighted by Gasteiger charge is 2.42. The van der Waals surface area contributed by atoms with Gasteiger partial charge in [0.2, 0.25) is 0 Å². The van der Waals surface area contributed by atoms with E-state index in [1.54, 1.807) is 0 Å². The highest BCUT2D eigenvalue weighted by atomic mass is 16.4. The molecule has 1 N–H and O–H groups in total. The zero-order valence-electron chi connectivity index (χ0n) is 13.0. The summed E-state index contributed by atoms with van der Waals surface area (Å²) >= 11 is 0. The Labute approximate surface area is 113 Å². The molecule has 0 spiro atoms. The van der Waals surface area contributed by atoms with Crippen LogP contribution in [0.1, 0.15) is 86.0 Å². The maximum atomic E-state index is 11.3. The van der Waals surface area contributed by atoms with Crippen molar-refractivity contribution in [1.29, 1.82) is 0 Å². The second-order valence-electron chi connectivity index (χ2n) is 6.69. The van der Waals surface area contributed by atoms with Gasteiger partial charge in [-0.1, -0.05) is 65.7 Å². The number of hydrogen-bond donors (Lipinski definition) is 1. The lowest BCUT2D eigenvalue weighted by molar-refractivity contribution is -0.154. The van der Waals surface area contributed by atoms with E-state index in [2.05, 4.69) is 20.8 Å². The van der Waals surface area contributed by atoms with E-state index in [4.69, 9.17) is 0 Å². The minimum Gasteiger partial charge on any atom is -0.481 e. The first-order chi connectivity index (χ1) is 8.25. The van der Waals surface area contributed by atoms with Crippen molar-refractivity contribution in [3.05, 3.63) is 0 Å². The molecule has 0 atom stereocenters. The van der Waals surface area contributed by atoms with Crippen molar-refractivity contribution in [3.8, 4) is 0 Å². The summed E-state index contributed by atoms with van der Waals surface area (Å²) in [5.74, 6) is -0.685. The molecule has 0 saturated heterocycles. The van der Waals surface area contributed by atoms with Crippen molar-refractivity contribution in [3.63, 3.8) is 0 Å². The molecule has 0 aromatic heterocycles. The minimum absolute atomic E-state index is 0.137. The van der Waals surface area contributed by atoms with E-state index >= 15 is 0 Å². The van der Waals surface area contributed by atoms with E-state index in [-0.39, 0.29) is 5.41 Å². The lowest BCUT2D eigenvalue weighted by Crippen LogP contribution is -2.39. The molecular formula is C16H32O2. The highest BCUT2D eigenvalue weighted by Crippen LogP contribution is 2.42. The van der Waals surface area contributed by atoms with Gasteiger partial charge in [0.25, 0.3) is 0 Å². The molecule has 0 aromatic carbocycles. The molecule has 0 radical (unpaired) electrons. The van der Waals surface area contributed by atoms with Crippen LogP contribution < -0.4 is 0 Å². The van der Waals surface area contributed by atoms with Gasteiger partial charge in [-0.15, -0.1) is 0 Å². The molecule has 0 fully saturated rings. The van der Waals surface area contributed by atoms with Gasteiger partial charge in [0.1, 0.15) is 0 Å². The van der Waals surface area contributed by atoms with Gasteiger partial charge in [-0.3, -0.25) is 4.79 Å². The lowest BCUT2D eigenvalue weighted by atomic mass is 9.65. The summed E-state index contributed by atoms with van der Waals surface area (Å²) in [6.45, 7) is 10.1. The molecule has 0 saturated carbocycles. The standard InChI is InChI=1S/C16H32O2/c1-6-7-8-9-10-11-12-13-15(2,3)16(4,5)14(17)18/h6-13H2,1-5H3,(H,17,18). The molecule has 18 heavy (non-hydrogen) atoms. The zero-order valence-corrected chi connectivity index (χ0v) is 13.0. The molecule has 0 bridgehead atoms. The van der Waals surface area contributed by atoms with Crippen molar-refractivity contribution in [1.82, 2.24) is 0 Å². The van der Waals surface area contributed by atoms with E-state index in [1.165, 1.54) is 38.5 Å². The molecule has 0 amide bonds. The lowest BCUT2D eigenvalue weighted by Gasteiger charge is -2.38. The van der Waals surface area contributed by atoms with Crippen LogP contribution in [0.15, 0.2) is 0 Å². The maximum absolute atomic E-state index is 11.3. The van der Waals surface area contributed by atoms with Crippen molar-refractivity contribution in [2.75, 3.05) is 0 Å². The van der Waals surface area contributed by atoms with Gasteiger partial charge in [-0.25, -0.2) is 0 Å². The Morgan fingerprint density at radius 2 is 1.33 bits per heavy atom. The van der Waals surface area contributed by atoms with Crippen LogP contribution in [0.2, 0.25) is 0 Å². The first kappa shape index (κ1) is 17.5. The number of hydrogen-bond acceptors (Lipinski definition) is 1. The summed E-state index contributed by atoms with van der Waals surface area (Å²) in [6, 6.07) is 0. The second-order valence-corrected chi connectivity index (χ2v) is 6.69. The first-order valence-electron chi connectivity index (χ1n) is 7.49. The smallest absolute Gasteiger partial charge is 0.309 e. The fourth-order valence-electron chi connectivity index (χ4n) is 2.13. The van der Waals surface area contributed by atoms with Gasteiger partial charge < -0.3 is 5.11 Å². The largest absolute Gasteiger partial charge is 0.481 e. The minimum atomic E-state index is -0.685. The predicted molar refractivity (Wildman–Crippen MR) is 77.8 cm³/mol. The van der Waals surface area contributed by atoms with Crippen LogP contribution >= 0.6 is 0 Å². The Morgan fingerprint density at radius 1 is 0.889 bits per heavy atom. The Bertz CT molecular complexity index is 241. The molecule has 2 nitrogen and oxygen atoms in total. The zero-order chi connectivity index (χ0) is 14.2. The highest BCUT2D eigenvalue weighted by molar-refractivity contribution is 5.74. The van der Waals surface area contributed by atoms with Crippen molar-refractivity contribution < 1.29 is 9.90 Å². The molecule has 0 aliphatic heterocycles. The van der Waals surface area contributed by atoms with Crippen molar-refractivity contribution in [2.45, 2.75) is 86.0 Å². The Hall–Kier alpha value is -0.530. The fourth-order valence-corrected chi connectivity index (χ4v) is 2.13. The number of unbranched alkanes of at least 4 members (excludes halogenated alkanes) is 6. The summed E-state index contributed by atoms with van der Waals surface area (Å²) < 4.78 is 0. The maximum Gasteiger partial charge on any atom is 0.309 e. The number of carboxylic acid groups (broad SMARTS) is 1. The van der Waals surface area contributed by atoms with Crippen LogP contribution in [0, 0.1) is 10.8 Å². The topological polar surface area (TPSA) is 37.3 Å². The molecule has 0 rings (SSSR count). The van der Waals surface area contributed by atoms with Crippen LogP contribution in [0.4, 0.5) is 0 Å². The van der Waals surface area contributed by atoms with Crippen molar-refractivity contribution >= 4 is 5.97 Å². The van der Waals surface area contributed by atoms with E-state index in [9.17, 15) is 9.90 Å². The Balaban J connectivity index is 3.88. The quantitative estimate of drug-likeness (QED) is 0.541. The van der Waals surface area contributed by atoms with Gasteiger partial charge in [0.05, 0.1) is 5.41 Å². The van der Waals surface area contributed by atoms with E-state index in [1.807, 2.05) is 13.8 Å². The predicted octanol–water partition coefficient (Wildman–Crippen LogP) is 5.26. The van der Waals surface area contributed by atoms with Crippen LogP contribution in [0.5, 0.6) is 0 Å². The molecule has 0 aromatic rings. The third-order valence-electron chi connectivity index (χ3n) is 4.63. The normalized spacial score (nSPS) is 12.7. The molecule has 2 heteroatoms. The third kappa shape index (κ3) is 5.41. The van der Waals surface area contributed by atoms with Gasteiger partial charge in [-0.05, 0) is 25.7 Å². The molecule has 0 heterocycles. The average molecular weight is 256 g/mol. The van der Waals surface area contributed by atoms with E-state index in [0.29, 0.717) is 0 Å². The van der Waals surface area contributed by atoms with Crippen LogP contribution in [-0.2, 0) is 4.79 Å². The summed E-state index contributed by atoms with van der Waals surface area (Å²) in [5.41, 5.74) is -0.780. The SMILES string of the molecule is CCCCCCCCCC(C)(C)C(C)(C)C(=O)O. The van der Waals surface area contributed by atoms with Crippen LogP contribution in [0.25, 0.3) is 0 Å². The average Bonchev–Trinajstić information content (AvgIpc) is 2.27. The third-order valence-corrected chi connectivity index (χ3v) is 4.63. The number of aliphatic carboxylic acids is 1. The monoisotopic (exact) mass is 256 g/mol. The number of carboxylic acids is 1. The molecular weight excluding hydrogens is 224 g/mol. The van der Waals surface area contributed by atoms with Gasteiger partial charge in [0.15, 0.2) is 0 Å². The summed E-state index contributed by atoms with van der Waals surface area (Å²) in [7, 11) is 0.